The van der Waals surface area contributed by atoms with Gasteiger partial charge in [0.25, 0.3) is 11.8 Å². The van der Waals surface area contributed by atoms with Crippen LogP contribution in [-0.4, -0.2) is 58.8 Å². The van der Waals surface area contributed by atoms with Gasteiger partial charge in [-0.15, -0.1) is 5.10 Å². The van der Waals surface area contributed by atoms with Crippen LogP contribution < -0.4 is 15.4 Å². The van der Waals surface area contributed by atoms with E-state index in [1.165, 1.54) is 23.0 Å². The molecule has 4 N–H and O–H groups in total. The Morgan fingerprint density at radius 2 is 1.89 bits per heavy atom. The van der Waals surface area contributed by atoms with E-state index in [1.807, 2.05) is 20.8 Å². The van der Waals surface area contributed by atoms with E-state index in [9.17, 15) is 18.7 Å². The number of anilines is 1. The Labute approximate surface area is 233 Å². The van der Waals surface area contributed by atoms with Crippen LogP contribution in [0.2, 0.25) is 10.0 Å². The average molecular weight is 633 g/mol. The molecule has 0 radical (unpaired) electrons. The number of rotatable bonds is 6. The Hall–Kier alpha value is -2.35. The van der Waals surface area contributed by atoms with Crippen LogP contribution >= 0.6 is 49.7 Å². The van der Waals surface area contributed by atoms with Gasteiger partial charge in [-0.25, -0.2) is 9.67 Å². The van der Waals surface area contributed by atoms with Crippen molar-refractivity contribution in [1.29, 1.82) is 0 Å². The zero-order valence-corrected chi connectivity index (χ0v) is 23.9. The second-order valence-corrected chi connectivity index (χ2v) is 13.4. The lowest BCUT2D eigenvalue weighted by Crippen LogP contribution is -2.42. The van der Waals surface area contributed by atoms with E-state index in [-0.39, 0.29) is 45.2 Å². The fraction of sp³-hybridized carbons (Fsp3) is 0.304. The monoisotopic (exact) mass is 631 g/mol. The molecule has 1 saturated heterocycles. The first-order valence-electron chi connectivity index (χ1n) is 11.0. The summed E-state index contributed by atoms with van der Waals surface area (Å²) >= 11 is 15.9. The molecule has 3 heterocycles. The molecular weight excluding hydrogens is 609 g/mol. The van der Waals surface area contributed by atoms with Gasteiger partial charge in [0.2, 0.25) is 5.88 Å². The number of hydrogen-bond donors (Lipinski definition) is 4. The lowest BCUT2D eigenvalue weighted by molar-refractivity contribution is 0.0920. The molecule has 1 aromatic carbocycles. The molecule has 37 heavy (non-hydrogen) atoms. The first-order valence-corrected chi connectivity index (χ1v) is 14.4. The number of amides is 2. The van der Waals surface area contributed by atoms with Crippen molar-refractivity contribution in [2.45, 2.75) is 32.4 Å². The molecule has 198 valence electrons. The third kappa shape index (κ3) is 6.57. The summed E-state index contributed by atoms with van der Waals surface area (Å²) in [7, 11) is -2.63. The molecule has 3 aromatic rings. The zero-order valence-electron chi connectivity index (χ0n) is 20.0. The lowest BCUT2D eigenvalue weighted by atomic mass is 10.1. The Morgan fingerprint density at radius 1 is 1.19 bits per heavy atom. The van der Waals surface area contributed by atoms with Crippen LogP contribution in [0.1, 0.15) is 41.6 Å². The van der Waals surface area contributed by atoms with E-state index in [2.05, 4.69) is 36.6 Å². The van der Waals surface area contributed by atoms with E-state index in [0.717, 1.165) is 0 Å². The Morgan fingerprint density at radius 3 is 2.51 bits per heavy atom. The van der Waals surface area contributed by atoms with Gasteiger partial charge < -0.3 is 15.4 Å². The van der Waals surface area contributed by atoms with Crippen molar-refractivity contribution in [1.82, 2.24) is 20.1 Å². The summed E-state index contributed by atoms with van der Waals surface area (Å²) < 4.78 is 26.7. The van der Waals surface area contributed by atoms with Crippen molar-refractivity contribution in [3.8, 4) is 11.7 Å². The number of nitrogens with one attached hydrogen (secondary N) is 2. The highest BCUT2D eigenvalue weighted by atomic mass is 79.9. The molecule has 0 bridgehead atoms. The third-order valence-corrected chi connectivity index (χ3v) is 8.03. The fourth-order valence-electron chi connectivity index (χ4n) is 3.52. The molecular formula is C23H24BrCl2N5O5S. The predicted octanol–water partition coefficient (Wildman–Crippen LogP) is 5.63. The van der Waals surface area contributed by atoms with Gasteiger partial charge in [-0.1, -0.05) is 23.2 Å². The highest BCUT2D eigenvalue weighted by molar-refractivity contribution is 9.10. The van der Waals surface area contributed by atoms with Crippen molar-refractivity contribution in [2.24, 2.45) is 0 Å². The van der Waals surface area contributed by atoms with Gasteiger partial charge in [0, 0.05) is 27.3 Å². The van der Waals surface area contributed by atoms with Gasteiger partial charge in [-0.3, -0.25) is 18.7 Å². The van der Waals surface area contributed by atoms with Crippen molar-refractivity contribution in [3.05, 3.63) is 62.3 Å². The average Bonchev–Trinajstić information content (AvgIpc) is 3.17. The van der Waals surface area contributed by atoms with Gasteiger partial charge in [-0.2, -0.15) is 10.6 Å². The third-order valence-electron chi connectivity index (χ3n) is 5.08. The van der Waals surface area contributed by atoms with Crippen molar-refractivity contribution >= 4 is 67.2 Å². The van der Waals surface area contributed by atoms with Crippen LogP contribution in [0.15, 0.2) is 41.0 Å². The highest BCUT2D eigenvalue weighted by Gasteiger charge is 2.36. The normalized spacial score (nSPS) is 16.0. The Kier molecular flexibility index (Phi) is 7.80. The molecule has 1 aliphatic heterocycles. The lowest BCUT2D eigenvalue weighted by Gasteiger charge is -2.45. The summed E-state index contributed by atoms with van der Waals surface area (Å²) in [5, 5.41) is 10.5. The van der Waals surface area contributed by atoms with Crippen LogP contribution in [0.5, 0.6) is 5.88 Å². The summed E-state index contributed by atoms with van der Waals surface area (Å²) in [6.07, 6.45) is 1.04. The second kappa shape index (κ2) is 10.4. The molecule has 0 spiro atoms. The maximum Gasteiger partial charge on any atom is 0.274 e. The molecule has 14 heteroatoms. The maximum atomic E-state index is 13.5. The molecule has 0 saturated carbocycles. The summed E-state index contributed by atoms with van der Waals surface area (Å²) in [5.74, 6) is -0.642. The number of carbonyl (C=O) groups excluding carboxylic acids is 2. The van der Waals surface area contributed by atoms with Crippen LogP contribution in [0.4, 0.5) is 5.69 Å². The second-order valence-electron chi connectivity index (χ2n) is 9.43. The largest absolute Gasteiger partial charge is 0.470 e. The van der Waals surface area contributed by atoms with E-state index < -0.39 is 34.0 Å². The number of ether oxygens (including phenoxy) is 1. The van der Waals surface area contributed by atoms with Crippen LogP contribution in [0, 0.1) is 0 Å². The molecule has 0 aliphatic carbocycles. The number of pyridine rings is 1. The number of carbonyl (C=O) groups is 2. The minimum atomic E-state index is -2.63. The minimum Gasteiger partial charge on any atom is -0.470 e. The molecule has 2 aromatic heterocycles. The topological polar surface area (TPSA) is 139 Å². The van der Waals surface area contributed by atoms with Gasteiger partial charge in [0.1, 0.15) is 11.8 Å². The number of hydrogen-bond acceptors (Lipinski definition) is 7. The van der Waals surface area contributed by atoms with Gasteiger partial charge in [0.15, 0.2) is 5.82 Å². The van der Waals surface area contributed by atoms with E-state index in [4.69, 9.17) is 27.9 Å². The standard InChI is InChI=1S/C23H24BrCl2N5O5S/c1-23(2,3)29-21(32)14-7-12(25)8-15(24)19(14)28-22(33)17-9-18(36-13-10-37(34,35)11-13)30-31(17)20-16(26)5-4-6-27-20/h4-9,13,34-35H,10-11H2,1-3H3,(H,28,33)(H,29,32). The number of benzene rings is 1. The number of aromatic nitrogens is 3. The number of nitrogens with zero attached hydrogens (tertiary/aromatic N) is 3. The quantitative estimate of drug-likeness (QED) is 0.276. The minimum absolute atomic E-state index is 0.0190. The zero-order chi connectivity index (χ0) is 27.1. The fourth-order valence-corrected chi connectivity index (χ4v) is 5.86. The molecule has 2 amide bonds. The Bertz CT molecular complexity index is 1370. The van der Waals surface area contributed by atoms with Gasteiger partial charge in [-0.05, 0) is 61.0 Å². The summed E-state index contributed by atoms with van der Waals surface area (Å²) in [6, 6.07) is 7.64. The SMILES string of the molecule is CC(C)(C)NC(=O)c1cc(Cl)cc(Br)c1NC(=O)c1cc(OC2CS(O)(O)C2)nn1-c1ncccc1Cl. The van der Waals surface area contributed by atoms with Crippen molar-refractivity contribution in [2.75, 3.05) is 16.8 Å². The summed E-state index contributed by atoms with van der Waals surface area (Å²) in [6.45, 7) is 5.50. The summed E-state index contributed by atoms with van der Waals surface area (Å²) in [4.78, 5) is 30.8. The van der Waals surface area contributed by atoms with Crippen molar-refractivity contribution < 1.29 is 23.4 Å². The van der Waals surface area contributed by atoms with Gasteiger partial charge in [0.05, 0.1) is 27.8 Å². The smallest absolute Gasteiger partial charge is 0.274 e. The highest BCUT2D eigenvalue weighted by Crippen LogP contribution is 2.49. The first-order chi connectivity index (χ1) is 17.2. The first kappa shape index (κ1) is 27.7. The van der Waals surface area contributed by atoms with Crippen LogP contribution in [0.25, 0.3) is 5.82 Å². The number of halogens is 3. The molecule has 4 rings (SSSR count). The predicted molar refractivity (Wildman–Crippen MR) is 148 cm³/mol. The molecule has 10 nitrogen and oxygen atoms in total. The molecule has 1 fully saturated rings. The molecule has 0 atom stereocenters. The Balaban J connectivity index is 1.70. The van der Waals surface area contributed by atoms with Crippen LogP contribution in [-0.2, 0) is 0 Å². The van der Waals surface area contributed by atoms with Gasteiger partial charge >= 0.3 is 0 Å². The van der Waals surface area contributed by atoms with E-state index in [1.54, 1.807) is 18.2 Å². The van der Waals surface area contributed by atoms with Crippen LogP contribution in [0.3, 0.4) is 0 Å². The molecule has 1 aliphatic rings. The maximum absolute atomic E-state index is 13.5. The van der Waals surface area contributed by atoms with Crippen molar-refractivity contribution in [3.63, 3.8) is 0 Å². The summed E-state index contributed by atoms with van der Waals surface area (Å²) in [5.41, 5.74) is -0.157. The molecule has 0 unspecified atom stereocenters. The van der Waals surface area contributed by atoms with E-state index in [0.29, 0.717) is 9.50 Å². The van der Waals surface area contributed by atoms with E-state index >= 15 is 0 Å².